The third-order valence-electron chi connectivity index (χ3n) is 8.06. The number of rotatable bonds is 10. The summed E-state index contributed by atoms with van der Waals surface area (Å²) in [5, 5.41) is 8.06. The van der Waals surface area contributed by atoms with Gasteiger partial charge < -0.3 is 25.6 Å². The van der Waals surface area contributed by atoms with E-state index >= 15 is 0 Å². The monoisotopic (exact) mass is 546 g/mol. The van der Waals surface area contributed by atoms with Gasteiger partial charge in [0.1, 0.15) is 17.7 Å². The van der Waals surface area contributed by atoms with Gasteiger partial charge >= 0.3 is 6.09 Å². The van der Waals surface area contributed by atoms with Gasteiger partial charge in [0.15, 0.2) is 0 Å². The molecular formula is C29H46N4O6. The average molecular weight is 547 g/mol. The van der Waals surface area contributed by atoms with E-state index in [2.05, 4.69) is 36.4 Å². The Bertz CT molecular complexity index is 1020. The number of carbonyl (C=O) groups excluding carboxylic acids is 5. The molecule has 1 saturated heterocycles. The zero-order valence-electron chi connectivity index (χ0n) is 24.7. The summed E-state index contributed by atoms with van der Waals surface area (Å²) in [7, 11) is 0. The molecule has 0 aromatic rings. The number of fused-ring (bicyclic) bond motifs is 1. The smallest absolute Gasteiger partial charge is 0.408 e. The largest absolute Gasteiger partial charge is 0.444 e. The van der Waals surface area contributed by atoms with Gasteiger partial charge in [0, 0.05) is 13.1 Å². The van der Waals surface area contributed by atoms with Crippen LogP contribution in [0.2, 0.25) is 0 Å². The molecule has 1 heterocycles. The van der Waals surface area contributed by atoms with Crippen molar-refractivity contribution in [1.29, 1.82) is 0 Å². The number of hydrogen-bond donors (Lipinski definition) is 3. The van der Waals surface area contributed by atoms with Crippen LogP contribution in [0.15, 0.2) is 12.7 Å². The van der Waals surface area contributed by atoms with E-state index in [0.29, 0.717) is 13.0 Å². The summed E-state index contributed by atoms with van der Waals surface area (Å²) in [6.07, 6.45) is 3.05. The highest BCUT2D eigenvalue weighted by Crippen LogP contribution is 2.65. The first-order valence-electron chi connectivity index (χ1n) is 13.9. The van der Waals surface area contributed by atoms with Crippen molar-refractivity contribution in [2.45, 2.75) is 98.4 Å². The van der Waals surface area contributed by atoms with Crippen LogP contribution in [0.1, 0.15) is 74.7 Å². The third-order valence-corrected chi connectivity index (χ3v) is 8.06. The lowest BCUT2D eigenvalue weighted by molar-refractivity contribution is -0.145. The Labute approximate surface area is 232 Å². The number of ether oxygens (including phenoxy) is 1. The molecule has 4 amide bonds. The highest BCUT2D eigenvalue weighted by atomic mass is 16.6. The van der Waals surface area contributed by atoms with Crippen molar-refractivity contribution < 1.29 is 28.7 Å². The third kappa shape index (κ3) is 7.19. The standard InChI is InChI=1S/C29H46N4O6/c1-10-13-30-24(36)21(34)18(14-16-11-12-16)31-23(35)20-19-17(29(19,8)9)15-33(20)25(37)22(27(2,3)4)32-26(38)39-28(5,6)7/h10,16-20,22H,1,11-15H2,2-9H3,(H,30,36)(H,31,35)(H,32,38)/t17?,18?,19?,20-,22?/m0/s1. The molecule has 0 aromatic carbocycles. The minimum atomic E-state index is -0.967. The van der Waals surface area contributed by atoms with Crippen LogP contribution in [-0.2, 0) is 23.9 Å². The highest BCUT2D eigenvalue weighted by molar-refractivity contribution is 6.38. The first-order valence-corrected chi connectivity index (χ1v) is 13.9. The molecule has 218 valence electrons. The normalized spacial score (nSPS) is 25.0. The summed E-state index contributed by atoms with van der Waals surface area (Å²) in [6, 6.07) is -2.71. The first-order chi connectivity index (χ1) is 17.9. The molecule has 3 N–H and O–H groups in total. The van der Waals surface area contributed by atoms with Crippen LogP contribution in [0.5, 0.6) is 0 Å². The number of alkyl carbamates (subject to hydrolysis) is 1. The SMILES string of the molecule is C=CCNC(=O)C(=O)C(CC1CC1)NC(=O)[C@@H]1C2C(CN1C(=O)C(NC(=O)OC(C)(C)C)C(C)(C)C)C2(C)C. The van der Waals surface area contributed by atoms with Gasteiger partial charge in [-0.1, -0.05) is 53.5 Å². The van der Waals surface area contributed by atoms with Crippen molar-refractivity contribution >= 4 is 29.6 Å². The van der Waals surface area contributed by atoms with Gasteiger partial charge in [-0.2, -0.15) is 0 Å². The molecule has 10 nitrogen and oxygen atoms in total. The summed E-state index contributed by atoms with van der Waals surface area (Å²) >= 11 is 0. The Morgan fingerprint density at radius 2 is 1.67 bits per heavy atom. The maximum atomic E-state index is 14.0. The number of likely N-dealkylation sites (tertiary alicyclic amines) is 1. The average Bonchev–Trinajstić information content (AvgIpc) is 3.65. The summed E-state index contributed by atoms with van der Waals surface area (Å²) in [5.41, 5.74) is -1.55. The number of nitrogens with one attached hydrogen (secondary N) is 3. The minimum Gasteiger partial charge on any atom is -0.444 e. The van der Waals surface area contributed by atoms with Crippen molar-refractivity contribution in [3.05, 3.63) is 12.7 Å². The molecule has 2 saturated carbocycles. The Morgan fingerprint density at radius 1 is 1.05 bits per heavy atom. The zero-order valence-corrected chi connectivity index (χ0v) is 24.7. The van der Waals surface area contributed by atoms with Crippen LogP contribution in [0.3, 0.4) is 0 Å². The summed E-state index contributed by atoms with van der Waals surface area (Å²) in [4.78, 5) is 67.3. The highest BCUT2D eigenvalue weighted by Gasteiger charge is 2.70. The Hall–Kier alpha value is -2.91. The van der Waals surface area contributed by atoms with Crippen LogP contribution in [0, 0.1) is 28.6 Å². The van der Waals surface area contributed by atoms with Gasteiger partial charge in [-0.25, -0.2) is 4.79 Å². The Morgan fingerprint density at radius 3 is 2.18 bits per heavy atom. The second-order valence-electron chi connectivity index (χ2n) is 13.9. The number of Topliss-reactive ketones (excluding diaryl/α,β-unsaturated/α-hetero) is 1. The predicted octanol–water partition coefficient (Wildman–Crippen LogP) is 2.57. The van der Waals surface area contributed by atoms with E-state index < -0.39 is 52.8 Å². The van der Waals surface area contributed by atoms with Gasteiger partial charge in [0.05, 0.1) is 6.04 Å². The van der Waals surface area contributed by atoms with E-state index in [1.807, 2.05) is 20.8 Å². The minimum absolute atomic E-state index is 0.0881. The molecule has 39 heavy (non-hydrogen) atoms. The van der Waals surface area contributed by atoms with E-state index in [9.17, 15) is 24.0 Å². The molecule has 3 rings (SSSR count). The molecule has 0 aromatic heterocycles. The number of carbonyl (C=O) groups is 5. The van der Waals surface area contributed by atoms with E-state index in [0.717, 1.165) is 12.8 Å². The van der Waals surface area contributed by atoms with Crippen molar-refractivity contribution in [1.82, 2.24) is 20.9 Å². The van der Waals surface area contributed by atoms with Gasteiger partial charge in [-0.15, -0.1) is 6.58 Å². The summed E-state index contributed by atoms with van der Waals surface area (Å²) in [6.45, 7) is 19.0. The van der Waals surface area contributed by atoms with Gasteiger partial charge in [-0.3, -0.25) is 19.2 Å². The van der Waals surface area contributed by atoms with Crippen LogP contribution >= 0.6 is 0 Å². The van der Waals surface area contributed by atoms with Crippen LogP contribution in [0.25, 0.3) is 0 Å². The number of piperidine rings is 1. The fourth-order valence-corrected chi connectivity index (χ4v) is 5.64. The molecule has 10 heteroatoms. The predicted molar refractivity (Wildman–Crippen MR) is 146 cm³/mol. The van der Waals surface area contributed by atoms with Crippen molar-refractivity contribution in [2.75, 3.05) is 13.1 Å². The van der Waals surface area contributed by atoms with Gasteiger partial charge in [-0.05, 0) is 55.8 Å². The number of nitrogens with zero attached hydrogens (tertiary/aromatic N) is 1. The number of hydrogen-bond acceptors (Lipinski definition) is 6. The Balaban J connectivity index is 1.82. The molecule has 3 fully saturated rings. The summed E-state index contributed by atoms with van der Waals surface area (Å²) in [5.74, 6) is -1.96. The van der Waals surface area contributed by atoms with E-state index in [1.54, 1.807) is 25.7 Å². The molecule has 1 aliphatic heterocycles. The zero-order chi connectivity index (χ0) is 29.5. The lowest BCUT2D eigenvalue weighted by atomic mass is 9.85. The maximum absolute atomic E-state index is 14.0. The van der Waals surface area contributed by atoms with Crippen LogP contribution < -0.4 is 16.0 Å². The molecule has 5 atom stereocenters. The van der Waals surface area contributed by atoms with Crippen molar-refractivity contribution in [3.63, 3.8) is 0 Å². The van der Waals surface area contributed by atoms with E-state index in [4.69, 9.17) is 4.74 Å². The molecule has 4 unspecified atom stereocenters. The molecule has 3 aliphatic rings. The van der Waals surface area contributed by atoms with Gasteiger partial charge in [0.25, 0.3) is 5.91 Å². The second kappa shape index (κ2) is 10.9. The molecule has 2 aliphatic carbocycles. The Kier molecular flexibility index (Phi) is 8.58. The second-order valence-corrected chi connectivity index (χ2v) is 13.9. The molecule has 0 radical (unpaired) electrons. The van der Waals surface area contributed by atoms with E-state index in [1.165, 1.54) is 6.08 Å². The van der Waals surface area contributed by atoms with E-state index in [-0.39, 0.29) is 35.6 Å². The molecule has 0 bridgehead atoms. The lowest BCUT2D eigenvalue weighted by Gasteiger charge is -2.38. The van der Waals surface area contributed by atoms with Crippen LogP contribution in [-0.4, -0.2) is 71.3 Å². The van der Waals surface area contributed by atoms with Crippen molar-refractivity contribution in [2.24, 2.45) is 28.6 Å². The summed E-state index contributed by atoms with van der Waals surface area (Å²) < 4.78 is 5.40. The maximum Gasteiger partial charge on any atom is 0.408 e. The quantitative estimate of drug-likeness (QED) is 0.285. The topological polar surface area (TPSA) is 134 Å². The molecular weight excluding hydrogens is 500 g/mol. The number of ketones is 1. The van der Waals surface area contributed by atoms with Gasteiger partial charge in [0.2, 0.25) is 17.6 Å². The number of amides is 4. The van der Waals surface area contributed by atoms with Crippen molar-refractivity contribution in [3.8, 4) is 0 Å². The fourth-order valence-electron chi connectivity index (χ4n) is 5.64. The molecule has 0 spiro atoms. The van der Waals surface area contributed by atoms with Crippen LogP contribution in [0.4, 0.5) is 4.79 Å². The lowest BCUT2D eigenvalue weighted by Crippen LogP contribution is -2.60. The first kappa shape index (κ1) is 30.6. The fraction of sp³-hybridized carbons (Fsp3) is 0.759.